The van der Waals surface area contributed by atoms with Gasteiger partial charge in [-0.05, 0) is 12.1 Å². The van der Waals surface area contributed by atoms with Crippen molar-refractivity contribution in [1.82, 2.24) is 9.21 Å². The van der Waals surface area contributed by atoms with Crippen molar-refractivity contribution < 1.29 is 22.7 Å². The van der Waals surface area contributed by atoms with E-state index < -0.39 is 10.0 Å². The summed E-state index contributed by atoms with van der Waals surface area (Å²) in [6, 6.07) is 6.33. The van der Waals surface area contributed by atoms with E-state index >= 15 is 0 Å². The fourth-order valence-corrected chi connectivity index (χ4v) is 5.17. The molecule has 0 N–H and O–H groups in total. The van der Waals surface area contributed by atoms with Crippen molar-refractivity contribution in [3.63, 3.8) is 0 Å². The van der Waals surface area contributed by atoms with E-state index in [2.05, 4.69) is 4.74 Å². The minimum absolute atomic E-state index is 0.0443. The zero-order valence-electron chi connectivity index (χ0n) is 14.4. The van der Waals surface area contributed by atoms with Crippen molar-refractivity contribution in [1.29, 1.82) is 0 Å². The second kappa shape index (κ2) is 9.59. The van der Waals surface area contributed by atoms with Gasteiger partial charge in [0.15, 0.2) is 0 Å². The Morgan fingerprint density at radius 3 is 2.46 bits per heavy atom. The highest BCUT2D eigenvalue weighted by Gasteiger charge is 2.31. The van der Waals surface area contributed by atoms with Crippen LogP contribution in [0.4, 0.5) is 0 Å². The van der Waals surface area contributed by atoms with E-state index in [1.54, 1.807) is 23.1 Å². The molecule has 1 heterocycles. The number of esters is 1. The summed E-state index contributed by atoms with van der Waals surface area (Å²) in [5.74, 6) is 0.373. The Kier molecular flexibility index (Phi) is 7.75. The number of halogens is 1. The fraction of sp³-hybridized carbons (Fsp3) is 0.500. The summed E-state index contributed by atoms with van der Waals surface area (Å²) < 4.78 is 31.2. The topological polar surface area (TPSA) is 84.0 Å². The number of methoxy groups -OCH3 is 1. The molecular weight excluding hydrogens is 400 g/mol. The van der Waals surface area contributed by atoms with Crippen LogP contribution in [0.1, 0.15) is 6.42 Å². The predicted octanol–water partition coefficient (Wildman–Crippen LogP) is 1.47. The van der Waals surface area contributed by atoms with Gasteiger partial charge in [-0.25, -0.2) is 8.42 Å². The molecule has 144 valence electrons. The number of carbonyl (C=O) groups is 2. The smallest absolute Gasteiger partial charge is 0.315 e. The van der Waals surface area contributed by atoms with Crippen molar-refractivity contribution in [2.24, 2.45) is 0 Å². The number of ether oxygens (including phenoxy) is 1. The largest absolute Gasteiger partial charge is 0.468 e. The Labute approximate surface area is 162 Å². The zero-order valence-corrected chi connectivity index (χ0v) is 16.8. The van der Waals surface area contributed by atoms with Gasteiger partial charge in [0.25, 0.3) is 0 Å². The fourth-order valence-electron chi connectivity index (χ4n) is 2.50. The molecule has 0 saturated carbocycles. The Balaban J connectivity index is 1.84. The van der Waals surface area contributed by atoms with Crippen LogP contribution in [0.25, 0.3) is 0 Å². The van der Waals surface area contributed by atoms with E-state index in [-0.39, 0.29) is 40.6 Å². The van der Waals surface area contributed by atoms with Crippen LogP contribution in [0.3, 0.4) is 0 Å². The van der Waals surface area contributed by atoms with Gasteiger partial charge in [0.2, 0.25) is 15.9 Å². The monoisotopic (exact) mass is 420 g/mol. The third-order valence-electron chi connectivity index (χ3n) is 3.95. The number of thioether (sulfide) groups is 1. The summed E-state index contributed by atoms with van der Waals surface area (Å²) in [7, 11) is -2.34. The summed E-state index contributed by atoms with van der Waals surface area (Å²) in [4.78, 5) is 25.0. The van der Waals surface area contributed by atoms with E-state index in [1.165, 1.54) is 29.2 Å². The highest BCUT2D eigenvalue weighted by molar-refractivity contribution is 7.99. The molecular formula is C16H21ClN2O5S2. The first-order valence-corrected chi connectivity index (χ1v) is 11.0. The van der Waals surface area contributed by atoms with Gasteiger partial charge in [0.05, 0.1) is 17.9 Å². The van der Waals surface area contributed by atoms with Gasteiger partial charge in [0.1, 0.15) is 4.90 Å². The normalized spacial score (nSPS) is 15.7. The van der Waals surface area contributed by atoms with Crippen LogP contribution >= 0.6 is 23.4 Å². The Morgan fingerprint density at radius 2 is 1.85 bits per heavy atom. The number of rotatable bonds is 7. The summed E-state index contributed by atoms with van der Waals surface area (Å²) in [6.45, 7) is 1.14. The number of benzene rings is 1. The van der Waals surface area contributed by atoms with Gasteiger partial charge in [-0.1, -0.05) is 23.7 Å². The number of sulfonamides is 1. The van der Waals surface area contributed by atoms with Crippen LogP contribution in [-0.4, -0.2) is 74.3 Å². The van der Waals surface area contributed by atoms with Crippen LogP contribution in [0.5, 0.6) is 0 Å². The number of hydrogen-bond donors (Lipinski definition) is 0. The Hall–Kier alpha value is -1.29. The maximum absolute atomic E-state index is 12.7. The quantitative estimate of drug-likeness (QED) is 0.490. The number of piperazine rings is 1. The van der Waals surface area contributed by atoms with Gasteiger partial charge in [-0.3, -0.25) is 9.59 Å². The van der Waals surface area contributed by atoms with E-state index in [9.17, 15) is 18.0 Å². The van der Waals surface area contributed by atoms with Crippen LogP contribution in [0.15, 0.2) is 29.2 Å². The number of amides is 1. The minimum Gasteiger partial charge on any atom is -0.468 e. The number of carbonyl (C=O) groups excluding carboxylic acids is 2. The number of hydrogen-bond acceptors (Lipinski definition) is 6. The standard InChI is InChI=1S/C16H21ClN2O5S2/c1-24-16(21)12-25-11-6-15(20)18-7-9-19(10-8-18)26(22,23)14-5-3-2-4-13(14)17/h2-5H,6-12H2,1H3. The molecule has 26 heavy (non-hydrogen) atoms. The second-order valence-electron chi connectivity index (χ2n) is 5.59. The third kappa shape index (κ3) is 5.35. The lowest BCUT2D eigenvalue weighted by molar-refractivity contribution is -0.137. The Bertz CT molecular complexity index is 749. The van der Waals surface area contributed by atoms with Crippen molar-refractivity contribution >= 4 is 45.3 Å². The summed E-state index contributed by atoms with van der Waals surface area (Å²) in [6.07, 6.45) is 0.304. The lowest BCUT2D eigenvalue weighted by Crippen LogP contribution is -2.50. The highest BCUT2D eigenvalue weighted by atomic mass is 35.5. The van der Waals surface area contributed by atoms with Gasteiger partial charge in [-0.15, -0.1) is 11.8 Å². The van der Waals surface area contributed by atoms with Crippen molar-refractivity contribution in [3.8, 4) is 0 Å². The molecule has 1 aromatic carbocycles. The van der Waals surface area contributed by atoms with Gasteiger partial charge in [0, 0.05) is 38.4 Å². The zero-order chi connectivity index (χ0) is 19.2. The van der Waals surface area contributed by atoms with Crippen LogP contribution in [0.2, 0.25) is 5.02 Å². The van der Waals surface area contributed by atoms with E-state index in [0.29, 0.717) is 25.3 Å². The first-order chi connectivity index (χ1) is 12.4. The molecule has 0 atom stereocenters. The summed E-state index contributed by atoms with van der Waals surface area (Å²) in [5.41, 5.74) is 0. The minimum atomic E-state index is -3.67. The SMILES string of the molecule is COC(=O)CSCCC(=O)N1CCN(S(=O)(=O)c2ccccc2Cl)CC1. The first-order valence-electron chi connectivity index (χ1n) is 8.03. The highest BCUT2D eigenvalue weighted by Crippen LogP contribution is 2.25. The molecule has 7 nitrogen and oxygen atoms in total. The summed E-state index contributed by atoms with van der Waals surface area (Å²) >= 11 is 7.34. The molecule has 1 aromatic rings. The third-order valence-corrected chi connectivity index (χ3v) is 7.28. The van der Waals surface area contributed by atoms with Crippen LogP contribution in [0, 0.1) is 0 Å². The molecule has 1 amide bonds. The molecule has 1 saturated heterocycles. The molecule has 1 aliphatic heterocycles. The molecule has 1 fully saturated rings. The van der Waals surface area contributed by atoms with Gasteiger partial charge < -0.3 is 9.64 Å². The van der Waals surface area contributed by atoms with Crippen LogP contribution < -0.4 is 0 Å². The van der Waals surface area contributed by atoms with E-state index in [1.807, 2.05) is 0 Å². The van der Waals surface area contributed by atoms with Crippen molar-refractivity contribution in [2.75, 3.05) is 44.8 Å². The van der Waals surface area contributed by atoms with Gasteiger partial charge >= 0.3 is 5.97 Å². The molecule has 0 radical (unpaired) electrons. The maximum Gasteiger partial charge on any atom is 0.315 e. The average Bonchev–Trinajstić information content (AvgIpc) is 2.65. The van der Waals surface area contributed by atoms with Gasteiger partial charge in [-0.2, -0.15) is 4.31 Å². The summed E-state index contributed by atoms with van der Waals surface area (Å²) in [5, 5.41) is 0.189. The Morgan fingerprint density at radius 1 is 1.19 bits per heavy atom. The molecule has 0 aromatic heterocycles. The maximum atomic E-state index is 12.7. The molecule has 1 aliphatic rings. The second-order valence-corrected chi connectivity index (χ2v) is 9.01. The number of nitrogens with zero attached hydrogens (tertiary/aromatic N) is 2. The predicted molar refractivity (Wildman–Crippen MR) is 101 cm³/mol. The molecule has 10 heteroatoms. The molecule has 0 spiro atoms. The lowest BCUT2D eigenvalue weighted by Gasteiger charge is -2.34. The molecule has 0 unspecified atom stereocenters. The molecule has 0 bridgehead atoms. The lowest BCUT2D eigenvalue weighted by atomic mass is 10.3. The van der Waals surface area contributed by atoms with E-state index in [4.69, 9.17) is 11.6 Å². The van der Waals surface area contributed by atoms with Crippen molar-refractivity contribution in [2.45, 2.75) is 11.3 Å². The average molecular weight is 421 g/mol. The molecule has 2 rings (SSSR count). The molecule has 0 aliphatic carbocycles. The van der Waals surface area contributed by atoms with Crippen molar-refractivity contribution in [3.05, 3.63) is 29.3 Å². The van der Waals surface area contributed by atoms with Crippen LogP contribution in [-0.2, 0) is 24.3 Å². The van der Waals surface area contributed by atoms with E-state index in [0.717, 1.165) is 0 Å². The first kappa shape index (κ1) is 21.0.